The maximum Gasteiger partial charge on any atom is 0.296 e. The molecule has 0 spiro atoms. The molecule has 142 valence electrons. The first-order valence-electron chi connectivity index (χ1n) is 8.81. The molecule has 0 aliphatic carbocycles. The summed E-state index contributed by atoms with van der Waals surface area (Å²) in [6.07, 6.45) is 1.56. The van der Waals surface area contributed by atoms with Gasteiger partial charge in [0.05, 0.1) is 17.0 Å². The van der Waals surface area contributed by atoms with Gasteiger partial charge in [0.25, 0.3) is 5.91 Å². The van der Waals surface area contributed by atoms with E-state index in [1.54, 1.807) is 48.7 Å². The summed E-state index contributed by atoms with van der Waals surface area (Å²) in [5, 5.41) is 0.534. The molecule has 1 amide bonds. The van der Waals surface area contributed by atoms with Crippen LogP contribution in [0.25, 0.3) is 11.0 Å². The van der Waals surface area contributed by atoms with Crippen molar-refractivity contribution in [3.8, 4) is 0 Å². The molecule has 5 rings (SSSR count). The molecule has 0 N–H and O–H groups in total. The Morgan fingerprint density at radius 2 is 1.90 bits per heavy atom. The number of carbonyl (C=O) groups excluding carboxylic acids is 1. The van der Waals surface area contributed by atoms with E-state index in [0.717, 1.165) is 6.07 Å². The van der Waals surface area contributed by atoms with Crippen molar-refractivity contribution in [3.63, 3.8) is 0 Å². The largest absolute Gasteiger partial charge is 0.450 e. The number of rotatable bonds is 2. The predicted octanol–water partition coefficient (Wildman–Crippen LogP) is 4.73. The summed E-state index contributed by atoms with van der Waals surface area (Å²) in [6, 6.07) is 14.9. The third kappa shape index (κ3) is 2.72. The highest BCUT2D eigenvalue weighted by Gasteiger charge is 2.44. The van der Waals surface area contributed by atoms with E-state index in [2.05, 4.69) is 4.98 Å². The second-order valence-corrected chi connectivity index (χ2v) is 7.07. The number of benzene rings is 2. The number of nitrogens with zero attached hydrogens (tertiary/aromatic N) is 2. The molecule has 0 bridgehead atoms. The number of halogens is 2. The molecule has 0 saturated carbocycles. The number of hydrogen-bond acceptors (Lipinski definition) is 4. The summed E-state index contributed by atoms with van der Waals surface area (Å²) >= 11 is 6.17. The van der Waals surface area contributed by atoms with Gasteiger partial charge in [-0.1, -0.05) is 29.8 Å². The van der Waals surface area contributed by atoms with Gasteiger partial charge in [0.15, 0.2) is 5.43 Å². The van der Waals surface area contributed by atoms with Crippen molar-refractivity contribution in [2.24, 2.45) is 0 Å². The molecule has 7 heteroatoms. The van der Waals surface area contributed by atoms with Crippen LogP contribution in [0.5, 0.6) is 0 Å². The van der Waals surface area contributed by atoms with Crippen LogP contribution in [0.3, 0.4) is 0 Å². The number of anilines is 1. The number of aromatic nitrogens is 1. The van der Waals surface area contributed by atoms with Crippen LogP contribution in [-0.2, 0) is 0 Å². The highest BCUT2D eigenvalue weighted by Crippen LogP contribution is 2.40. The molecule has 2 aromatic carbocycles. The second kappa shape index (κ2) is 6.53. The van der Waals surface area contributed by atoms with E-state index in [1.165, 1.54) is 17.0 Å². The van der Waals surface area contributed by atoms with Crippen LogP contribution in [0, 0.1) is 5.82 Å². The van der Waals surface area contributed by atoms with Crippen LogP contribution in [0.4, 0.5) is 10.2 Å². The second-order valence-electron chi connectivity index (χ2n) is 6.64. The molecule has 2 aromatic heterocycles. The molecular weight excluding hydrogens is 395 g/mol. The summed E-state index contributed by atoms with van der Waals surface area (Å²) in [5.74, 6) is -0.768. The molecule has 1 atom stereocenters. The summed E-state index contributed by atoms with van der Waals surface area (Å²) < 4.78 is 19.5. The Morgan fingerprint density at radius 3 is 2.66 bits per heavy atom. The molecule has 5 nitrogen and oxygen atoms in total. The van der Waals surface area contributed by atoms with Crippen LogP contribution in [-0.4, -0.2) is 10.9 Å². The molecule has 3 heterocycles. The van der Waals surface area contributed by atoms with Crippen molar-refractivity contribution in [2.45, 2.75) is 6.04 Å². The third-order valence-corrected chi connectivity index (χ3v) is 5.13. The van der Waals surface area contributed by atoms with Gasteiger partial charge in [-0.15, -0.1) is 0 Å². The SMILES string of the molecule is O=C1c2oc3ccc(F)cc3c(=O)c2C(c2cccc(Cl)c2)N1c1ccccn1. The Hall–Kier alpha value is -3.51. The topological polar surface area (TPSA) is 63.4 Å². The van der Waals surface area contributed by atoms with Gasteiger partial charge < -0.3 is 4.42 Å². The van der Waals surface area contributed by atoms with E-state index in [1.807, 2.05) is 0 Å². The fraction of sp³-hybridized carbons (Fsp3) is 0.0455. The van der Waals surface area contributed by atoms with E-state index in [-0.39, 0.29) is 22.3 Å². The van der Waals surface area contributed by atoms with Crippen molar-refractivity contribution >= 4 is 34.3 Å². The minimum Gasteiger partial charge on any atom is -0.450 e. The van der Waals surface area contributed by atoms with E-state index in [9.17, 15) is 14.0 Å². The van der Waals surface area contributed by atoms with E-state index in [4.69, 9.17) is 16.0 Å². The van der Waals surface area contributed by atoms with Crippen LogP contribution >= 0.6 is 11.6 Å². The molecule has 1 unspecified atom stereocenters. The van der Waals surface area contributed by atoms with E-state index >= 15 is 0 Å². The first kappa shape index (κ1) is 17.6. The maximum absolute atomic E-state index is 13.8. The molecule has 0 saturated heterocycles. The Labute approximate surface area is 169 Å². The molecular formula is C22H12ClFN2O3. The smallest absolute Gasteiger partial charge is 0.296 e. The van der Waals surface area contributed by atoms with Crippen molar-refractivity contribution in [1.29, 1.82) is 0 Å². The first-order chi connectivity index (χ1) is 14.0. The normalized spacial score (nSPS) is 15.7. The van der Waals surface area contributed by atoms with Gasteiger partial charge in [-0.05, 0) is 48.0 Å². The molecule has 1 aliphatic heterocycles. The van der Waals surface area contributed by atoms with Gasteiger partial charge in [0.2, 0.25) is 5.76 Å². The first-order valence-corrected chi connectivity index (χ1v) is 9.19. The van der Waals surface area contributed by atoms with Crippen LogP contribution in [0.1, 0.15) is 27.7 Å². The minimum atomic E-state index is -0.796. The van der Waals surface area contributed by atoms with E-state index < -0.39 is 23.2 Å². The lowest BCUT2D eigenvalue weighted by atomic mass is 9.98. The Balaban J connectivity index is 1.84. The fourth-order valence-electron chi connectivity index (χ4n) is 3.67. The fourth-order valence-corrected chi connectivity index (χ4v) is 3.87. The number of hydrogen-bond donors (Lipinski definition) is 0. The number of carbonyl (C=O) groups is 1. The predicted molar refractivity (Wildman–Crippen MR) is 107 cm³/mol. The zero-order valence-corrected chi connectivity index (χ0v) is 15.6. The van der Waals surface area contributed by atoms with Crippen molar-refractivity contribution in [1.82, 2.24) is 4.98 Å². The molecule has 29 heavy (non-hydrogen) atoms. The lowest BCUT2D eigenvalue weighted by Gasteiger charge is -2.24. The molecule has 0 fully saturated rings. The van der Waals surface area contributed by atoms with Crippen LogP contribution < -0.4 is 10.3 Å². The number of amides is 1. The average Bonchev–Trinajstić information content (AvgIpc) is 3.02. The Kier molecular flexibility index (Phi) is 3.96. The molecule has 1 aliphatic rings. The van der Waals surface area contributed by atoms with Gasteiger partial charge >= 0.3 is 0 Å². The van der Waals surface area contributed by atoms with Gasteiger partial charge in [-0.25, -0.2) is 9.37 Å². The monoisotopic (exact) mass is 406 g/mol. The summed E-state index contributed by atoms with van der Waals surface area (Å²) in [6.45, 7) is 0. The molecule has 0 radical (unpaired) electrons. The Morgan fingerprint density at radius 1 is 1.03 bits per heavy atom. The minimum absolute atomic E-state index is 0.0754. The van der Waals surface area contributed by atoms with Gasteiger partial charge in [-0.2, -0.15) is 0 Å². The average molecular weight is 407 g/mol. The van der Waals surface area contributed by atoms with E-state index in [0.29, 0.717) is 16.4 Å². The van der Waals surface area contributed by atoms with Gasteiger partial charge in [0, 0.05) is 11.2 Å². The number of fused-ring (bicyclic) bond motifs is 2. The lowest BCUT2D eigenvalue weighted by molar-refractivity contribution is 0.0970. The zero-order valence-electron chi connectivity index (χ0n) is 14.8. The third-order valence-electron chi connectivity index (χ3n) is 4.89. The quantitative estimate of drug-likeness (QED) is 0.482. The number of pyridine rings is 1. The highest BCUT2D eigenvalue weighted by molar-refractivity contribution is 6.30. The van der Waals surface area contributed by atoms with Crippen molar-refractivity contribution in [3.05, 3.63) is 105 Å². The van der Waals surface area contributed by atoms with Gasteiger partial charge in [-0.3, -0.25) is 14.5 Å². The summed E-state index contributed by atoms with van der Waals surface area (Å²) in [5.41, 5.74) is 0.452. The lowest BCUT2D eigenvalue weighted by Crippen LogP contribution is -2.30. The molecule has 4 aromatic rings. The van der Waals surface area contributed by atoms with Crippen LogP contribution in [0.15, 0.2) is 76.1 Å². The van der Waals surface area contributed by atoms with Crippen molar-refractivity contribution in [2.75, 3.05) is 4.90 Å². The summed E-state index contributed by atoms with van der Waals surface area (Å²) in [4.78, 5) is 32.3. The van der Waals surface area contributed by atoms with Crippen molar-refractivity contribution < 1.29 is 13.6 Å². The standard InChI is InChI=1S/C22H12ClFN2O3/c23-13-5-3-4-12(10-13)19-18-20(27)15-11-14(24)7-8-16(15)29-21(18)22(28)26(19)17-6-1-2-9-25-17/h1-11,19H. The van der Waals surface area contributed by atoms with Gasteiger partial charge in [0.1, 0.15) is 17.2 Å². The maximum atomic E-state index is 13.8. The Bertz CT molecular complexity index is 1340. The summed E-state index contributed by atoms with van der Waals surface area (Å²) in [7, 11) is 0. The highest BCUT2D eigenvalue weighted by atomic mass is 35.5. The zero-order chi connectivity index (χ0) is 20.1. The van der Waals surface area contributed by atoms with Crippen LogP contribution in [0.2, 0.25) is 5.02 Å².